The summed E-state index contributed by atoms with van der Waals surface area (Å²) in [6, 6.07) is 33.6. The van der Waals surface area contributed by atoms with Crippen molar-refractivity contribution in [3.8, 4) is 56.9 Å². The number of alkyl halides is 6. The highest BCUT2D eigenvalue weighted by molar-refractivity contribution is 5.95. The summed E-state index contributed by atoms with van der Waals surface area (Å²) in [5.74, 6) is 3.08. The van der Waals surface area contributed by atoms with Crippen LogP contribution in [0.4, 0.5) is 26.3 Å². The summed E-state index contributed by atoms with van der Waals surface area (Å²) in [7, 11) is 6.48. The van der Waals surface area contributed by atoms with Crippen molar-refractivity contribution in [3.63, 3.8) is 0 Å². The van der Waals surface area contributed by atoms with E-state index in [1.54, 1.807) is 65.4 Å². The van der Waals surface area contributed by atoms with Crippen molar-refractivity contribution in [2.24, 2.45) is 5.73 Å². The van der Waals surface area contributed by atoms with Crippen LogP contribution in [0.3, 0.4) is 0 Å². The van der Waals surface area contributed by atoms with E-state index in [1.807, 2.05) is 85.9 Å². The van der Waals surface area contributed by atoms with Crippen molar-refractivity contribution >= 4 is 27.6 Å². The second-order valence-corrected chi connectivity index (χ2v) is 17.6. The van der Waals surface area contributed by atoms with E-state index in [-0.39, 0.29) is 23.5 Å². The molecule has 79 heavy (non-hydrogen) atoms. The summed E-state index contributed by atoms with van der Waals surface area (Å²) in [6.45, 7) is 4.56. The van der Waals surface area contributed by atoms with Crippen molar-refractivity contribution in [3.05, 3.63) is 192 Å². The molecule has 0 aliphatic heterocycles. The van der Waals surface area contributed by atoms with Crippen LogP contribution in [-0.4, -0.2) is 73.7 Å². The Morgan fingerprint density at radius 3 is 1.54 bits per heavy atom. The van der Waals surface area contributed by atoms with Crippen LogP contribution in [-0.2, 0) is 25.4 Å². The number of pyridine rings is 4. The number of nitrogens with one attached hydrogen (secondary N) is 1. The number of ketones is 1. The number of halogens is 6. The molecule has 0 bridgehead atoms. The van der Waals surface area contributed by atoms with Gasteiger partial charge in [0.15, 0.2) is 17.4 Å². The minimum absolute atomic E-state index is 0.0205. The highest BCUT2D eigenvalue weighted by atomic mass is 19.4. The van der Waals surface area contributed by atoms with E-state index in [4.69, 9.17) is 24.7 Å². The second kappa shape index (κ2) is 24.4. The van der Waals surface area contributed by atoms with Gasteiger partial charge in [-0.25, -0.2) is 19.3 Å². The van der Waals surface area contributed by atoms with E-state index in [9.17, 15) is 31.1 Å². The van der Waals surface area contributed by atoms with Crippen molar-refractivity contribution in [2.45, 2.75) is 45.3 Å². The van der Waals surface area contributed by atoms with Gasteiger partial charge in [0, 0.05) is 94.6 Å². The fraction of sp³-hybridized carbons (Fsp3) is 0.190. The number of carbonyl (C=O) groups excluding carboxylic acids is 1. The molecule has 10 aromatic rings. The van der Waals surface area contributed by atoms with E-state index in [2.05, 4.69) is 35.5 Å². The zero-order chi connectivity index (χ0) is 56.4. The molecule has 4 aromatic carbocycles. The number of fused-ring (bicyclic) bond motifs is 2. The standard InChI is InChI=1S/C29H26F3N5O2.C20H13F3N4O.C9H13NO2/c1-18(34-16-21-9-10-24(38-2)13-26(21)39-3)22-11-23(15-33-14-22)19-7-8-20-17-35-37(25(20)12-19)28-6-4-5-27(36-28)29(30,31)32;1-12(28)15-7-16(10-24-9-15)13-5-6-14-11-25-27(17(14)8-13)19-4-2-3-18(26-19)20(21,22)23;1-11-8-4-3-7(6-10)9(5-8)12-2/h4-15,17-18,34H,16H2,1-3H3;2-11H,1H3;3-5H,6,10H2,1-2H3. The monoisotopic (exact) mass is 1080 g/mol. The average molecular weight is 1080 g/mol. The Kier molecular flexibility index (Phi) is 17.3. The van der Waals surface area contributed by atoms with Crippen LogP contribution in [0.1, 0.15) is 58.3 Å². The maximum absolute atomic E-state index is 13.2. The second-order valence-electron chi connectivity index (χ2n) is 17.6. The van der Waals surface area contributed by atoms with Crippen molar-refractivity contribution < 1.29 is 50.1 Å². The van der Waals surface area contributed by atoms with Crippen LogP contribution in [0.2, 0.25) is 0 Å². The van der Waals surface area contributed by atoms with E-state index in [0.29, 0.717) is 29.7 Å². The Bertz CT molecular complexity index is 3750. The Labute approximate surface area is 449 Å². The molecule has 0 fully saturated rings. The molecule has 6 heterocycles. The van der Waals surface area contributed by atoms with Gasteiger partial charge in [-0.1, -0.05) is 48.5 Å². The number of nitrogens with zero attached hydrogens (tertiary/aromatic N) is 8. The molecule has 0 amide bonds. The van der Waals surface area contributed by atoms with Gasteiger partial charge in [-0.05, 0) is 91.2 Å². The number of aromatic nitrogens is 8. The largest absolute Gasteiger partial charge is 0.497 e. The lowest BCUT2D eigenvalue weighted by Gasteiger charge is -2.17. The first-order valence-corrected chi connectivity index (χ1v) is 24.2. The molecule has 0 spiro atoms. The normalized spacial score (nSPS) is 11.8. The van der Waals surface area contributed by atoms with Gasteiger partial charge in [0.1, 0.15) is 34.4 Å². The van der Waals surface area contributed by atoms with Gasteiger partial charge in [0.2, 0.25) is 0 Å². The predicted octanol–water partition coefficient (Wildman–Crippen LogP) is 12.2. The number of hydrogen-bond acceptors (Lipinski definition) is 13. The number of nitrogens with two attached hydrogens (primary N) is 1. The predicted molar refractivity (Wildman–Crippen MR) is 286 cm³/mol. The summed E-state index contributed by atoms with van der Waals surface area (Å²) >= 11 is 0. The molecule has 0 radical (unpaired) electrons. The zero-order valence-corrected chi connectivity index (χ0v) is 43.5. The van der Waals surface area contributed by atoms with Crippen LogP contribution in [0.25, 0.3) is 55.7 Å². The zero-order valence-electron chi connectivity index (χ0n) is 43.5. The number of ether oxygens (including phenoxy) is 4. The number of rotatable bonds is 14. The Morgan fingerprint density at radius 2 is 1.06 bits per heavy atom. The Morgan fingerprint density at radius 1 is 0.570 bits per heavy atom. The Hall–Kier alpha value is -9.21. The summed E-state index contributed by atoms with van der Waals surface area (Å²) in [5.41, 5.74) is 11.4. The lowest BCUT2D eigenvalue weighted by molar-refractivity contribution is -0.141. The maximum atomic E-state index is 13.2. The quantitative estimate of drug-likeness (QED) is 0.0777. The third-order valence-corrected chi connectivity index (χ3v) is 12.5. The number of hydrogen-bond donors (Lipinski definition) is 2. The van der Waals surface area contributed by atoms with Crippen LogP contribution in [0, 0.1) is 0 Å². The highest BCUT2D eigenvalue weighted by Crippen LogP contribution is 2.33. The van der Waals surface area contributed by atoms with Gasteiger partial charge in [0.25, 0.3) is 0 Å². The van der Waals surface area contributed by atoms with E-state index in [0.717, 1.165) is 84.8 Å². The number of Topliss-reactive ketones (excluding diaryl/α,β-unsaturated/α-hetero) is 1. The lowest BCUT2D eigenvalue weighted by Crippen LogP contribution is -2.18. The first kappa shape index (κ1) is 56.0. The molecule has 0 saturated heterocycles. The lowest BCUT2D eigenvalue weighted by atomic mass is 10.0. The summed E-state index contributed by atoms with van der Waals surface area (Å²) in [6.07, 6.45) is 0.760. The van der Waals surface area contributed by atoms with Gasteiger partial charge in [-0.3, -0.25) is 14.8 Å². The molecular weight excluding hydrogens is 1030 g/mol. The van der Waals surface area contributed by atoms with Gasteiger partial charge in [0.05, 0.1) is 51.9 Å². The Balaban J connectivity index is 0.000000178. The molecule has 0 saturated carbocycles. The van der Waals surface area contributed by atoms with Crippen molar-refractivity contribution in [1.82, 2.24) is 44.8 Å². The van der Waals surface area contributed by atoms with Crippen LogP contribution < -0.4 is 30.0 Å². The third kappa shape index (κ3) is 13.3. The van der Waals surface area contributed by atoms with Crippen molar-refractivity contribution in [1.29, 1.82) is 0 Å². The molecular formula is C58H52F6N10O5. The third-order valence-electron chi connectivity index (χ3n) is 12.5. The first-order valence-electron chi connectivity index (χ1n) is 24.2. The molecule has 0 aliphatic rings. The van der Waals surface area contributed by atoms with Crippen LogP contribution >= 0.6 is 0 Å². The minimum Gasteiger partial charge on any atom is -0.497 e. The van der Waals surface area contributed by atoms with Gasteiger partial charge >= 0.3 is 12.4 Å². The van der Waals surface area contributed by atoms with E-state index in [1.165, 1.54) is 46.7 Å². The maximum Gasteiger partial charge on any atom is 0.433 e. The number of carbonyl (C=O) groups is 1. The SMILES string of the molecule is CC(=O)c1cncc(-c2ccc3cnn(-c4cccc(C(F)(F)F)n4)c3c2)c1.COc1ccc(CN)c(OC)c1.COc1ccc(CNC(C)c2cncc(-c3ccc4cnn(-c5cccc(C(F)(F)F)n5)c4c3)c2)c(OC)c1. The van der Waals surface area contributed by atoms with Crippen molar-refractivity contribution in [2.75, 3.05) is 28.4 Å². The van der Waals surface area contributed by atoms with Gasteiger partial charge in [-0.2, -0.15) is 36.5 Å². The molecule has 406 valence electrons. The molecule has 21 heteroatoms. The molecule has 6 aromatic heterocycles. The molecule has 10 rings (SSSR count). The highest BCUT2D eigenvalue weighted by Gasteiger charge is 2.34. The molecule has 15 nitrogen and oxygen atoms in total. The average Bonchev–Trinajstić information content (AvgIpc) is 4.21. The van der Waals surface area contributed by atoms with Crippen LogP contribution in [0.15, 0.2) is 159 Å². The summed E-state index contributed by atoms with van der Waals surface area (Å²) in [4.78, 5) is 27.6. The molecule has 1 atom stereocenters. The smallest absolute Gasteiger partial charge is 0.433 e. The molecule has 3 N–H and O–H groups in total. The fourth-order valence-corrected chi connectivity index (χ4v) is 8.20. The van der Waals surface area contributed by atoms with Crippen LogP contribution in [0.5, 0.6) is 23.0 Å². The van der Waals surface area contributed by atoms with Gasteiger partial charge in [-0.15, -0.1) is 0 Å². The molecule has 1 unspecified atom stereocenters. The fourth-order valence-electron chi connectivity index (χ4n) is 8.20. The van der Waals surface area contributed by atoms with E-state index < -0.39 is 23.7 Å². The van der Waals surface area contributed by atoms with Gasteiger partial charge < -0.3 is 30.0 Å². The number of methoxy groups -OCH3 is 4. The summed E-state index contributed by atoms with van der Waals surface area (Å²) < 4.78 is 102. The topological polar surface area (TPSA) is 179 Å². The minimum atomic E-state index is -4.54. The number of benzene rings is 4. The van der Waals surface area contributed by atoms with E-state index >= 15 is 0 Å². The first-order chi connectivity index (χ1) is 37.9. The summed E-state index contributed by atoms with van der Waals surface area (Å²) in [5, 5.41) is 13.5. The molecule has 0 aliphatic carbocycles.